The zero-order valence-corrected chi connectivity index (χ0v) is 52.5. The Labute approximate surface area is 462 Å². The molecule has 0 aromatic heterocycles. The maximum Gasteiger partial charge on any atom is 0.00386 e. The van der Waals surface area contributed by atoms with Crippen molar-refractivity contribution in [2.24, 2.45) is 23.7 Å². The second-order valence-corrected chi connectivity index (χ2v) is 20.5. The summed E-state index contributed by atoms with van der Waals surface area (Å²) in [5.74, 6) is 2.99. The molecule has 3 aromatic carbocycles. The number of rotatable bonds is 18. The van der Waals surface area contributed by atoms with Crippen molar-refractivity contribution in [3.63, 3.8) is 0 Å². The van der Waals surface area contributed by atoms with Crippen LogP contribution in [0.15, 0.2) is 114 Å². The van der Waals surface area contributed by atoms with Gasteiger partial charge in [-0.25, -0.2) is 0 Å². The van der Waals surface area contributed by atoms with E-state index in [1.807, 2.05) is 53.7 Å². The summed E-state index contributed by atoms with van der Waals surface area (Å²) in [6, 6.07) is 15.9. The molecular formula is C74H116. The van der Waals surface area contributed by atoms with Gasteiger partial charge in [0.2, 0.25) is 0 Å². The molecule has 3 aliphatic carbocycles. The van der Waals surface area contributed by atoms with Crippen molar-refractivity contribution in [2.45, 2.75) is 242 Å². The van der Waals surface area contributed by atoms with Gasteiger partial charge >= 0.3 is 0 Å². The van der Waals surface area contributed by atoms with Crippen LogP contribution in [0.1, 0.15) is 242 Å². The highest BCUT2D eigenvalue weighted by Gasteiger charge is 2.33. The Bertz CT molecular complexity index is 2200. The van der Waals surface area contributed by atoms with Crippen molar-refractivity contribution in [3.05, 3.63) is 176 Å². The quantitative estimate of drug-likeness (QED) is 0.0677. The molecule has 6 rings (SSSR count). The van der Waals surface area contributed by atoms with E-state index in [0.717, 1.165) is 37.5 Å². The van der Waals surface area contributed by atoms with Gasteiger partial charge in [-0.2, -0.15) is 0 Å². The Morgan fingerprint density at radius 1 is 0.649 bits per heavy atom. The zero-order valence-electron chi connectivity index (χ0n) is 52.5. The van der Waals surface area contributed by atoms with Crippen LogP contribution in [0.5, 0.6) is 0 Å². The van der Waals surface area contributed by atoms with Crippen molar-refractivity contribution in [1.29, 1.82) is 0 Å². The second-order valence-electron chi connectivity index (χ2n) is 20.5. The molecule has 4 atom stereocenters. The first-order valence-electron chi connectivity index (χ1n) is 29.8. The topological polar surface area (TPSA) is 0 Å². The summed E-state index contributed by atoms with van der Waals surface area (Å²) in [6.07, 6.45) is 36.0. The summed E-state index contributed by atoms with van der Waals surface area (Å²) in [5.41, 5.74) is 25.5. The van der Waals surface area contributed by atoms with Crippen molar-refractivity contribution in [2.75, 3.05) is 0 Å². The van der Waals surface area contributed by atoms with Crippen LogP contribution in [0.25, 0.3) is 11.1 Å². The molecule has 0 saturated carbocycles. The van der Waals surface area contributed by atoms with Gasteiger partial charge in [0, 0.05) is 11.8 Å². The maximum atomic E-state index is 4.49. The van der Waals surface area contributed by atoms with Crippen molar-refractivity contribution in [3.8, 4) is 12.8 Å². The third kappa shape index (κ3) is 22.7. The predicted molar refractivity (Wildman–Crippen MR) is 343 cm³/mol. The average Bonchev–Trinajstić information content (AvgIpc) is 3.99. The summed E-state index contributed by atoms with van der Waals surface area (Å²) in [4.78, 5) is 0. The number of terminal acetylenes is 1. The zero-order chi connectivity index (χ0) is 57.1. The minimum atomic E-state index is 0.395. The molecule has 3 aliphatic rings. The molecule has 412 valence electrons. The third-order valence-corrected chi connectivity index (χ3v) is 15.4. The third-order valence-electron chi connectivity index (χ3n) is 15.4. The van der Waals surface area contributed by atoms with Crippen LogP contribution in [0, 0.1) is 85.0 Å². The lowest BCUT2D eigenvalue weighted by Gasteiger charge is -2.24. The molecule has 0 bridgehead atoms. The van der Waals surface area contributed by atoms with E-state index in [-0.39, 0.29) is 0 Å². The van der Waals surface area contributed by atoms with Gasteiger partial charge in [0.1, 0.15) is 0 Å². The van der Waals surface area contributed by atoms with E-state index in [4.69, 9.17) is 0 Å². The Kier molecular flexibility index (Phi) is 39.3. The number of hydrogen-bond donors (Lipinski definition) is 0. The smallest absolute Gasteiger partial charge is 0.00386 e. The highest BCUT2D eigenvalue weighted by molar-refractivity contribution is 6.07. The molecule has 0 saturated heterocycles. The van der Waals surface area contributed by atoms with Gasteiger partial charge in [-0.3, -0.25) is 0 Å². The van der Waals surface area contributed by atoms with E-state index in [0.29, 0.717) is 11.8 Å². The molecule has 74 heavy (non-hydrogen) atoms. The monoisotopic (exact) mass is 1000 g/mol. The summed E-state index contributed by atoms with van der Waals surface area (Å²) in [7, 11) is 0. The SMILES string of the molecule is C#C.C=C(CC)C1=C(C)C(C)C(c2ccc(C)cc2)=C1c1c(C)c(C)c(C)c(C)c1C.C=CCCc1cc(C)ccc1CCC1=C(C=C)C1C.CC.CC.CC.CC1CC=CCC1.CCCCCCC(C)CCC. The molecule has 0 N–H and O–H groups in total. The first kappa shape index (κ1) is 71.5. The number of unbranched alkanes of at least 4 members (excludes halogenated alkanes) is 3. The summed E-state index contributed by atoms with van der Waals surface area (Å²) < 4.78 is 0. The molecule has 0 spiro atoms. The molecule has 0 radical (unpaired) electrons. The minimum Gasteiger partial charge on any atom is -0.124 e. The average molecular weight is 1010 g/mol. The maximum absolute atomic E-state index is 4.49. The number of hydrogen-bond acceptors (Lipinski definition) is 0. The first-order chi connectivity index (χ1) is 35.5. The van der Waals surface area contributed by atoms with Gasteiger partial charge in [0.25, 0.3) is 0 Å². The highest BCUT2D eigenvalue weighted by atomic mass is 14.4. The van der Waals surface area contributed by atoms with Crippen LogP contribution in [-0.4, -0.2) is 0 Å². The van der Waals surface area contributed by atoms with Gasteiger partial charge in [-0.05, 0) is 197 Å². The largest absolute Gasteiger partial charge is 0.124 e. The molecular weight excluding hydrogens is 889 g/mol. The molecule has 0 heteroatoms. The Balaban J connectivity index is 0. The van der Waals surface area contributed by atoms with Gasteiger partial charge in [-0.1, -0.05) is 237 Å². The van der Waals surface area contributed by atoms with Crippen molar-refractivity contribution < 1.29 is 0 Å². The van der Waals surface area contributed by atoms with Crippen LogP contribution in [-0.2, 0) is 12.8 Å². The summed E-state index contributed by atoms with van der Waals surface area (Å²) >= 11 is 0. The van der Waals surface area contributed by atoms with Crippen molar-refractivity contribution in [1.82, 2.24) is 0 Å². The van der Waals surface area contributed by atoms with E-state index >= 15 is 0 Å². The normalized spacial score (nSPS) is 16.2. The van der Waals surface area contributed by atoms with Crippen LogP contribution in [0.4, 0.5) is 0 Å². The molecule has 0 heterocycles. The second kappa shape index (κ2) is 40.7. The van der Waals surface area contributed by atoms with Crippen LogP contribution >= 0.6 is 0 Å². The Morgan fingerprint density at radius 3 is 1.68 bits per heavy atom. The van der Waals surface area contributed by atoms with Gasteiger partial charge in [0.15, 0.2) is 0 Å². The molecule has 3 aromatic rings. The van der Waals surface area contributed by atoms with Crippen LogP contribution in [0.3, 0.4) is 0 Å². The fraction of sp³-hybridized carbons (Fsp3) is 0.541. The fourth-order valence-electron chi connectivity index (χ4n) is 10.2. The van der Waals surface area contributed by atoms with E-state index in [2.05, 4.69) is 191 Å². The van der Waals surface area contributed by atoms with E-state index in [1.54, 1.807) is 5.57 Å². The molecule has 0 amide bonds. The Morgan fingerprint density at radius 2 is 1.22 bits per heavy atom. The predicted octanol–water partition coefficient (Wildman–Crippen LogP) is 23.6. The number of aryl methyl sites for hydroxylation is 4. The van der Waals surface area contributed by atoms with E-state index in [1.165, 1.54) is 165 Å². The Hall–Kier alpha value is -4.60. The first-order valence-corrected chi connectivity index (χ1v) is 29.8. The standard InChI is InChI=1S/C29H36.C19H24.C11H24.C7H12.3C2H6.C2H2/c1-11-17(3)26-23(9)24(10)28(25-14-12-16(2)13-15-25)29(26)27-21(7)19(5)18(4)20(6)22(27)8;1-5-7-8-17-13-14(3)9-10-16(17)11-12-19-15(4)18(19)6-2;1-4-6-7-8-10-11(3)9-5-2;1-7-5-3-2-4-6-7;4*1-2/h12-15,24H,3,11H2,1-2,4-10H3;5-6,9-10,13,15H,1-2,7-8,11-12H2,3-4H3;11H,4-10H2,1-3H3;2-3,7H,4-6H2,1H3;3*1-2H3;1-2H. The summed E-state index contributed by atoms with van der Waals surface area (Å²) in [5, 5.41) is 0. The van der Waals surface area contributed by atoms with Crippen LogP contribution in [0.2, 0.25) is 0 Å². The van der Waals surface area contributed by atoms with E-state index in [9.17, 15) is 0 Å². The van der Waals surface area contributed by atoms with Gasteiger partial charge < -0.3 is 0 Å². The lowest BCUT2D eigenvalue weighted by Crippen LogP contribution is -2.05. The lowest BCUT2D eigenvalue weighted by molar-refractivity contribution is 0.455. The molecule has 0 nitrogen and oxygen atoms in total. The minimum absolute atomic E-state index is 0.395. The van der Waals surface area contributed by atoms with Crippen molar-refractivity contribution >= 4 is 11.1 Å². The summed E-state index contributed by atoms with van der Waals surface area (Å²) in [6.45, 7) is 58.3. The molecule has 4 unspecified atom stereocenters. The number of benzene rings is 3. The molecule has 0 fully saturated rings. The lowest BCUT2D eigenvalue weighted by atomic mass is 9.80. The van der Waals surface area contributed by atoms with Crippen LogP contribution < -0.4 is 0 Å². The van der Waals surface area contributed by atoms with Gasteiger partial charge in [0.05, 0.1) is 0 Å². The fourth-order valence-corrected chi connectivity index (χ4v) is 10.2. The highest BCUT2D eigenvalue weighted by Crippen LogP contribution is 2.52. The van der Waals surface area contributed by atoms with Gasteiger partial charge in [-0.15, -0.1) is 19.4 Å². The number of allylic oxidation sites excluding steroid dienone is 11. The van der Waals surface area contributed by atoms with E-state index < -0.39 is 0 Å². The molecule has 0 aliphatic heterocycles.